The van der Waals surface area contributed by atoms with Gasteiger partial charge in [0, 0.05) is 53.4 Å². The Kier molecular flexibility index (Phi) is 8.33. The van der Waals surface area contributed by atoms with Crippen LogP contribution in [0.2, 0.25) is 0 Å². The Morgan fingerprint density at radius 1 is 1.24 bits per heavy atom. The molecule has 1 aliphatic rings. The number of nitrogens with one attached hydrogen (secondary N) is 1. The lowest BCUT2D eigenvalue weighted by Crippen LogP contribution is -2.53. The lowest BCUT2D eigenvalue weighted by molar-refractivity contribution is -0.127. The smallest absolute Gasteiger partial charge is 0.241 e. The quantitative estimate of drug-likeness (QED) is 0.415. The van der Waals surface area contributed by atoms with Crippen molar-refractivity contribution in [1.82, 2.24) is 15.1 Å². The summed E-state index contributed by atoms with van der Waals surface area (Å²) in [6.45, 7) is 2.46. The first-order valence-electron chi connectivity index (χ1n) is 7.78. The van der Waals surface area contributed by atoms with E-state index in [1.807, 2.05) is 9.80 Å². The molecule has 0 aliphatic carbocycles. The van der Waals surface area contributed by atoms with Crippen LogP contribution in [0, 0.1) is 11.6 Å². The third-order valence-electron chi connectivity index (χ3n) is 3.94. The predicted octanol–water partition coefficient (Wildman–Crippen LogP) is 1.37. The average molecular weight is 467 g/mol. The molecule has 0 radical (unpaired) electrons. The summed E-state index contributed by atoms with van der Waals surface area (Å²) in [6, 6.07) is 3.47. The molecule has 0 bridgehead atoms. The van der Waals surface area contributed by atoms with E-state index in [1.54, 1.807) is 21.1 Å². The molecule has 0 unspecified atom stereocenters. The maximum atomic E-state index is 13.9. The van der Waals surface area contributed by atoms with Gasteiger partial charge < -0.3 is 20.0 Å². The number of benzene rings is 1. The van der Waals surface area contributed by atoms with E-state index in [-0.39, 0.29) is 42.1 Å². The lowest BCUT2D eigenvalue weighted by Gasteiger charge is -2.37. The normalized spacial score (nSPS) is 14.8. The summed E-state index contributed by atoms with van der Waals surface area (Å²) < 4.78 is 27.2. The van der Waals surface area contributed by atoms with Gasteiger partial charge in [0.05, 0.1) is 12.2 Å². The van der Waals surface area contributed by atoms with Crippen molar-refractivity contribution >= 4 is 41.5 Å². The second-order valence-electron chi connectivity index (χ2n) is 5.76. The van der Waals surface area contributed by atoms with Gasteiger partial charge in [0.2, 0.25) is 5.91 Å². The molecule has 1 aliphatic heterocycles. The van der Waals surface area contributed by atoms with E-state index in [2.05, 4.69) is 10.3 Å². The van der Waals surface area contributed by atoms with Crippen LogP contribution in [-0.4, -0.2) is 75.5 Å². The number of hydrogen-bond acceptors (Lipinski definition) is 3. The molecule has 1 fully saturated rings. The van der Waals surface area contributed by atoms with Crippen molar-refractivity contribution in [2.75, 3.05) is 58.8 Å². The Labute approximate surface area is 163 Å². The molecular formula is C16H24F2IN5O. The van der Waals surface area contributed by atoms with Crippen molar-refractivity contribution in [3.05, 3.63) is 29.8 Å². The molecule has 0 atom stereocenters. The van der Waals surface area contributed by atoms with Crippen LogP contribution in [0.1, 0.15) is 0 Å². The van der Waals surface area contributed by atoms with Crippen LogP contribution < -0.4 is 10.2 Å². The van der Waals surface area contributed by atoms with Gasteiger partial charge in [0.25, 0.3) is 0 Å². The largest absolute Gasteiger partial charge is 0.366 e. The monoisotopic (exact) mass is 467 g/mol. The highest BCUT2D eigenvalue weighted by molar-refractivity contribution is 14.0. The molecule has 2 rings (SSSR count). The van der Waals surface area contributed by atoms with Crippen molar-refractivity contribution in [1.29, 1.82) is 0 Å². The molecule has 1 saturated heterocycles. The van der Waals surface area contributed by atoms with Gasteiger partial charge >= 0.3 is 0 Å². The molecule has 25 heavy (non-hydrogen) atoms. The van der Waals surface area contributed by atoms with E-state index in [1.165, 1.54) is 11.0 Å². The van der Waals surface area contributed by atoms with Gasteiger partial charge in [0.1, 0.15) is 11.6 Å². The van der Waals surface area contributed by atoms with Gasteiger partial charge in [0.15, 0.2) is 5.96 Å². The van der Waals surface area contributed by atoms with Gasteiger partial charge in [-0.15, -0.1) is 24.0 Å². The highest BCUT2D eigenvalue weighted by atomic mass is 127. The molecule has 0 aromatic heterocycles. The number of hydrogen-bond donors (Lipinski definition) is 1. The Bertz CT molecular complexity index is 619. The average Bonchev–Trinajstić information content (AvgIpc) is 2.58. The molecule has 140 valence electrons. The van der Waals surface area contributed by atoms with E-state index in [9.17, 15) is 13.6 Å². The van der Waals surface area contributed by atoms with Crippen molar-refractivity contribution in [3.8, 4) is 0 Å². The minimum Gasteiger partial charge on any atom is -0.366 e. The second kappa shape index (κ2) is 9.73. The third-order valence-corrected chi connectivity index (χ3v) is 3.94. The van der Waals surface area contributed by atoms with E-state index in [4.69, 9.17) is 0 Å². The number of anilines is 1. The number of carbonyl (C=O) groups is 1. The Hall–Kier alpha value is -1.65. The van der Waals surface area contributed by atoms with Crippen LogP contribution in [0.15, 0.2) is 23.2 Å². The van der Waals surface area contributed by atoms with E-state index >= 15 is 0 Å². The maximum Gasteiger partial charge on any atom is 0.241 e. The second-order valence-corrected chi connectivity index (χ2v) is 5.76. The van der Waals surface area contributed by atoms with Crippen LogP contribution in [0.4, 0.5) is 14.5 Å². The first-order valence-corrected chi connectivity index (χ1v) is 7.78. The van der Waals surface area contributed by atoms with Crippen LogP contribution in [0.3, 0.4) is 0 Å². The van der Waals surface area contributed by atoms with E-state index < -0.39 is 11.6 Å². The Morgan fingerprint density at radius 2 is 1.88 bits per heavy atom. The van der Waals surface area contributed by atoms with Gasteiger partial charge in [-0.25, -0.2) is 8.78 Å². The third kappa shape index (κ3) is 5.68. The fraction of sp³-hybridized carbons (Fsp3) is 0.500. The summed E-state index contributed by atoms with van der Waals surface area (Å²) in [5.41, 5.74) is 0.278. The first kappa shape index (κ1) is 21.4. The highest BCUT2D eigenvalue weighted by Crippen LogP contribution is 2.21. The number of piperazine rings is 1. The minimum absolute atomic E-state index is 0. The molecule has 1 amide bonds. The zero-order chi connectivity index (χ0) is 17.7. The van der Waals surface area contributed by atoms with Crippen molar-refractivity contribution in [3.63, 3.8) is 0 Å². The molecular weight excluding hydrogens is 443 g/mol. The van der Waals surface area contributed by atoms with Crippen LogP contribution in [0.5, 0.6) is 0 Å². The number of nitrogens with zero attached hydrogens (tertiary/aromatic N) is 4. The summed E-state index contributed by atoms with van der Waals surface area (Å²) in [7, 11) is 5.04. The number of guanidine groups is 1. The van der Waals surface area contributed by atoms with Crippen LogP contribution >= 0.6 is 24.0 Å². The summed E-state index contributed by atoms with van der Waals surface area (Å²) in [5, 5.41) is 3.03. The zero-order valence-electron chi connectivity index (χ0n) is 14.6. The van der Waals surface area contributed by atoms with Crippen molar-refractivity contribution in [2.24, 2.45) is 4.99 Å². The summed E-state index contributed by atoms with van der Waals surface area (Å²) in [4.78, 5) is 21.2. The molecule has 1 aromatic rings. The maximum absolute atomic E-state index is 13.9. The summed E-state index contributed by atoms with van der Waals surface area (Å²) in [5.74, 6) is -0.293. The fourth-order valence-corrected chi connectivity index (χ4v) is 2.53. The van der Waals surface area contributed by atoms with Gasteiger partial charge in [-0.2, -0.15) is 0 Å². The van der Waals surface area contributed by atoms with Gasteiger partial charge in [-0.1, -0.05) is 0 Å². The molecule has 9 heteroatoms. The molecule has 6 nitrogen and oxygen atoms in total. The van der Waals surface area contributed by atoms with Crippen molar-refractivity contribution < 1.29 is 13.6 Å². The Balaban J connectivity index is 0.00000312. The topological polar surface area (TPSA) is 51.2 Å². The minimum atomic E-state index is -0.450. The molecule has 0 spiro atoms. The summed E-state index contributed by atoms with van der Waals surface area (Å²) in [6.07, 6.45) is 0. The Morgan fingerprint density at radius 3 is 2.44 bits per heavy atom. The zero-order valence-corrected chi connectivity index (χ0v) is 17.0. The number of amides is 1. The molecule has 0 saturated carbocycles. The predicted molar refractivity (Wildman–Crippen MR) is 106 cm³/mol. The first-order chi connectivity index (χ1) is 11.4. The van der Waals surface area contributed by atoms with Gasteiger partial charge in [-0.05, 0) is 12.1 Å². The summed E-state index contributed by atoms with van der Waals surface area (Å²) >= 11 is 0. The molecule has 1 heterocycles. The number of aliphatic imine (C=N–C) groups is 1. The lowest BCUT2D eigenvalue weighted by atomic mass is 10.2. The highest BCUT2D eigenvalue weighted by Gasteiger charge is 2.22. The van der Waals surface area contributed by atoms with Crippen LogP contribution in [-0.2, 0) is 4.79 Å². The fourth-order valence-electron chi connectivity index (χ4n) is 2.53. The standard InChI is InChI=1S/C16H23F2N5O.HI/c1-19-16(20-11-15(24)21(2)3)23-8-6-22(7-9-23)14-10-12(17)4-5-13(14)18;/h4-5,10H,6-9,11H2,1-3H3,(H,19,20);1H. The van der Waals surface area contributed by atoms with Crippen LogP contribution in [0.25, 0.3) is 0 Å². The van der Waals surface area contributed by atoms with Gasteiger partial charge in [-0.3, -0.25) is 9.79 Å². The van der Waals surface area contributed by atoms with Crippen molar-refractivity contribution in [2.45, 2.75) is 0 Å². The molecule has 1 N–H and O–H groups in total. The van der Waals surface area contributed by atoms with E-state index in [0.29, 0.717) is 32.1 Å². The number of rotatable bonds is 3. The number of likely N-dealkylation sites (N-methyl/N-ethyl adjacent to an activating group) is 1. The van der Waals surface area contributed by atoms with E-state index in [0.717, 1.165) is 12.1 Å². The number of carbonyl (C=O) groups excluding carboxylic acids is 1. The number of halogens is 3. The molecule has 1 aromatic carbocycles. The SMILES string of the molecule is CN=C(NCC(=O)N(C)C)N1CCN(c2cc(F)ccc2F)CC1.I.